The third kappa shape index (κ3) is 3.50. The van der Waals surface area contributed by atoms with Gasteiger partial charge < -0.3 is 15.2 Å². The molecular weight excluding hydrogens is 281 g/mol. The van der Waals surface area contributed by atoms with E-state index in [1.54, 1.807) is 11.4 Å². The quantitative estimate of drug-likeness (QED) is 0.942. The molecule has 0 aliphatic rings. The molecule has 4 nitrogen and oxygen atoms in total. The van der Waals surface area contributed by atoms with Crippen molar-refractivity contribution in [1.29, 1.82) is 0 Å². The Bertz CT molecular complexity index is 584. The molecule has 0 bridgehead atoms. The van der Waals surface area contributed by atoms with Gasteiger partial charge in [-0.05, 0) is 12.1 Å². The van der Waals surface area contributed by atoms with Crippen LogP contribution in [0.15, 0.2) is 23.6 Å². The Morgan fingerprint density at radius 2 is 1.89 bits per heavy atom. The van der Waals surface area contributed by atoms with Crippen molar-refractivity contribution < 1.29 is 22.6 Å². The van der Waals surface area contributed by atoms with E-state index in [9.17, 15) is 13.2 Å². The van der Waals surface area contributed by atoms with Gasteiger partial charge in [0, 0.05) is 17.0 Å². The van der Waals surface area contributed by atoms with E-state index in [1.807, 2.05) is 0 Å². The zero-order chi connectivity index (χ0) is 14.0. The summed E-state index contributed by atoms with van der Waals surface area (Å²) in [6, 6.07) is 3.93. The van der Waals surface area contributed by atoms with Gasteiger partial charge in [0.15, 0.2) is 5.13 Å². The molecular formula is C11H9F3N2O2S. The monoisotopic (exact) mass is 290 g/mol. The van der Waals surface area contributed by atoms with Crippen LogP contribution in [-0.2, 0) is 0 Å². The van der Waals surface area contributed by atoms with Gasteiger partial charge in [-0.25, -0.2) is 4.98 Å². The van der Waals surface area contributed by atoms with Crippen LogP contribution in [0.2, 0.25) is 0 Å². The molecule has 8 heteroatoms. The minimum absolute atomic E-state index is 0.239. The van der Waals surface area contributed by atoms with E-state index in [2.05, 4.69) is 9.72 Å². The number of nitrogens with two attached hydrogens (primary N) is 1. The van der Waals surface area contributed by atoms with E-state index >= 15 is 0 Å². The molecule has 0 atom stereocenters. The molecule has 102 valence electrons. The topological polar surface area (TPSA) is 57.4 Å². The summed E-state index contributed by atoms with van der Waals surface area (Å²) in [5.74, 6) is -0.128. The van der Waals surface area contributed by atoms with Crippen LogP contribution in [0.3, 0.4) is 0 Å². The first kappa shape index (κ1) is 13.5. The lowest BCUT2D eigenvalue weighted by Crippen LogP contribution is -2.17. The highest BCUT2D eigenvalue weighted by molar-refractivity contribution is 7.13. The van der Waals surface area contributed by atoms with Gasteiger partial charge in [0.05, 0.1) is 12.8 Å². The number of hydrogen-bond donors (Lipinski definition) is 1. The second kappa shape index (κ2) is 4.96. The van der Waals surface area contributed by atoms with Gasteiger partial charge in [0.2, 0.25) is 0 Å². The number of benzene rings is 1. The van der Waals surface area contributed by atoms with Gasteiger partial charge in [-0.1, -0.05) is 0 Å². The Kier molecular flexibility index (Phi) is 3.52. The SMILES string of the molecule is COc1cc(OC(F)(F)F)cc(-c2csc(N)n2)c1. The Hall–Kier alpha value is -1.96. The zero-order valence-electron chi connectivity index (χ0n) is 9.69. The van der Waals surface area contributed by atoms with E-state index < -0.39 is 6.36 Å². The smallest absolute Gasteiger partial charge is 0.497 e. The molecule has 0 amide bonds. The third-order valence-corrected chi connectivity index (χ3v) is 2.84. The fourth-order valence-electron chi connectivity index (χ4n) is 1.45. The Morgan fingerprint density at radius 1 is 1.21 bits per heavy atom. The van der Waals surface area contributed by atoms with Crippen LogP contribution in [0.4, 0.5) is 18.3 Å². The molecule has 0 radical (unpaired) electrons. The average Bonchev–Trinajstić information content (AvgIpc) is 2.73. The van der Waals surface area contributed by atoms with Crippen molar-refractivity contribution in [1.82, 2.24) is 4.98 Å². The molecule has 1 heterocycles. The number of rotatable bonds is 3. The number of ether oxygens (including phenoxy) is 2. The average molecular weight is 290 g/mol. The normalized spacial score (nSPS) is 11.4. The number of aromatic nitrogens is 1. The third-order valence-electron chi connectivity index (χ3n) is 2.17. The summed E-state index contributed by atoms with van der Waals surface area (Å²) >= 11 is 1.19. The van der Waals surface area contributed by atoms with Crippen LogP contribution in [-0.4, -0.2) is 18.5 Å². The number of alkyl halides is 3. The zero-order valence-corrected chi connectivity index (χ0v) is 10.5. The summed E-state index contributed by atoms with van der Waals surface area (Å²) in [5.41, 5.74) is 6.39. The maximum atomic E-state index is 12.2. The predicted octanol–water partition coefficient (Wildman–Crippen LogP) is 3.30. The van der Waals surface area contributed by atoms with Gasteiger partial charge in [-0.3, -0.25) is 0 Å². The molecule has 0 unspecified atom stereocenters. The fourth-order valence-corrected chi connectivity index (χ4v) is 2.02. The molecule has 0 aliphatic heterocycles. The van der Waals surface area contributed by atoms with E-state index in [-0.39, 0.29) is 11.5 Å². The number of nitrogen functional groups attached to an aromatic ring is 1. The highest BCUT2D eigenvalue weighted by atomic mass is 32.1. The number of hydrogen-bond acceptors (Lipinski definition) is 5. The van der Waals surface area contributed by atoms with E-state index in [1.165, 1.54) is 24.5 Å². The van der Waals surface area contributed by atoms with Crippen LogP contribution >= 0.6 is 11.3 Å². The molecule has 2 N–H and O–H groups in total. The molecule has 0 saturated carbocycles. The van der Waals surface area contributed by atoms with Gasteiger partial charge in [0.25, 0.3) is 0 Å². The molecule has 0 aliphatic carbocycles. The number of thiazole rings is 1. The van der Waals surface area contributed by atoms with Crippen LogP contribution in [0.1, 0.15) is 0 Å². The van der Waals surface area contributed by atoms with Crippen molar-refractivity contribution in [2.75, 3.05) is 12.8 Å². The molecule has 1 aromatic carbocycles. The van der Waals surface area contributed by atoms with Gasteiger partial charge in [0.1, 0.15) is 11.5 Å². The highest BCUT2D eigenvalue weighted by Crippen LogP contribution is 2.33. The second-order valence-electron chi connectivity index (χ2n) is 3.52. The van der Waals surface area contributed by atoms with Crippen molar-refractivity contribution in [2.45, 2.75) is 6.36 Å². The Morgan fingerprint density at radius 3 is 2.42 bits per heavy atom. The van der Waals surface area contributed by atoms with Gasteiger partial charge >= 0.3 is 6.36 Å². The summed E-state index contributed by atoms with van der Waals surface area (Å²) in [6.45, 7) is 0. The van der Waals surface area contributed by atoms with Crippen LogP contribution in [0.5, 0.6) is 11.5 Å². The summed E-state index contributed by atoms with van der Waals surface area (Å²) in [6.07, 6.45) is -4.76. The number of methoxy groups -OCH3 is 1. The van der Waals surface area contributed by atoms with Crippen molar-refractivity contribution in [3.05, 3.63) is 23.6 Å². The van der Waals surface area contributed by atoms with Gasteiger partial charge in [-0.2, -0.15) is 0 Å². The van der Waals surface area contributed by atoms with Crippen LogP contribution in [0.25, 0.3) is 11.3 Å². The van der Waals surface area contributed by atoms with E-state index in [0.717, 1.165) is 6.07 Å². The first-order valence-corrected chi connectivity index (χ1v) is 5.91. The molecule has 2 rings (SSSR count). The molecule has 0 saturated heterocycles. The largest absolute Gasteiger partial charge is 0.573 e. The minimum Gasteiger partial charge on any atom is -0.497 e. The highest BCUT2D eigenvalue weighted by Gasteiger charge is 2.31. The minimum atomic E-state index is -4.76. The maximum absolute atomic E-state index is 12.2. The number of nitrogens with zero attached hydrogens (tertiary/aromatic N) is 1. The van der Waals surface area contributed by atoms with Crippen LogP contribution < -0.4 is 15.2 Å². The summed E-state index contributed by atoms with van der Waals surface area (Å²) in [4.78, 5) is 4.00. The lowest BCUT2D eigenvalue weighted by molar-refractivity contribution is -0.274. The molecule has 2 aromatic rings. The van der Waals surface area contributed by atoms with E-state index in [4.69, 9.17) is 10.5 Å². The van der Waals surface area contributed by atoms with Crippen molar-refractivity contribution >= 4 is 16.5 Å². The summed E-state index contributed by atoms with van der Waals surface area (Å²) in [5, 5.41) is 1.97. The number of anilines is 1. The second-order valence-corrected chi connectivity index (χ2v) is 4.41. The first-order valence-electron chi connectivity index (χ1n) is 5.03. The lowest BCUT2D eigenvalue weighted by Gasteiger charge is -2.11. The summed E-state index contributed by atoms with van der Waals surface area (Å²) < 4.78 is 45.5. The van der Waals surface area contributed by atoms with Crippen molar-refractivity contribution in [2.24, 2.45) is 0 Å². The molecule has 0 spiro atoms. The van der Waals surface area contributed by atoms with E-state index in [0.29, 0.717) is 16.4 Å². The van der Waals surface area contributed by atoms with Crippen molar-refractivity contribution in [3.8, 4) is 22.8 Å². The standard InChI is InChI=1S/C11H9F3N2O2S/c1-17-7-2-6(9-5-19-10(15)16-9)3-8(4-7)18-11(12,13)14/h2-5H,1H3,(H2,15,16). The van der Waals surface area contributed by atoms with Crippen molar-refractivity contribution in [3.63, 3.8) is 0 Å². The molecule has 0 fully saturated rings. The predicted molar refractivity (Wildman–Crippen MR) is 65.2 cm³/mol. The number of halogens is 3. The summed E-state index contributed by atoms with van der Waals surface area (Å²) in [7, 11) is 1.35. The lowest BCUT2D eigenvalue weighted by atomic mass is 10.1. The van der Waals surface area contributed by atoms with Crippen LogP contribution in [0, 0.1) is 0 Å². The van der Waals surface area contributed by atoms with Gasteiger partial charge in [-0.15, -0.1) is 24.5 Å². The molecule has 19 heavy (non-hydrogen) atoms. The fraction of sp³-hybridized carbons (Fsp3) is 0.182. The Labute approximate surface area is 110 Å². The Balaban J connectivity index is 2.41. The first-order chi connectivity index (χ1) is 8.87. The maximum Gasteiger partial charge on any atom is 0.573 e. The molecule has 1 aromatic heterocycles.